The van der Waals surface area contributed by atoms with Gasteiger partial charge >= 0.3 is 0 Å². The molecule has 0 fully saturated rings. The number of carbonyl (C=O) groups excluding carboxylic acids is 2. The molecule has 0 atom stereocenters. The van der Waals surface area contributed by atoms with Crippen molar-refractivity contribution in [1.82, 2.24) is 10.9 Å². The summed E-state index contributed by atoms with van der Waals surface area (Å²) in [6, 6.07) is 12.1. The molecule has 24 heavy (non-hydrogen) atoms. The van der Waals surface area contributed by atoms with Crippen LogP contribution in [0, 0.1) is 0 Å². The average molecular weight is 393 g/mol. The van der Waals surface area contributed by atoms with Crippen LogP contribution in [0.2, 0.25) is 0 Å². The van der Waals surface area contributed by atoms with Crippen molar-refractivity contribution in [2.45, 2.75) is 6.42 Å². The van der Waals surface area contributed by atoms with E-state index in [1.165, 1.54) is 14.2 Å². The van der Waals surface area contributed by atoms with E-state index in [0.29, 0.717) is 17.1 Å². The van der Waals surface area contributed by atoms with Crippen molar-refractivity contribution in [3.8, 4) is 11.5 Å². The molecule has 0 aromatic heterocycles. The normalized spacial score (nSPS) is 9.96. The lowest BCUT2D eigenvalue weighted by molar-refractivity contribution is -0.121. The number of methoxy groups -OCH3 is 2. The zero-order chi connectivity index (χ0) is 17.5. The first-order chi connectivity index (χ1) is 11.5. The van der Waals surface area contributed by atoms with Crippen molar-refractivity contribution in [2.24, 2.45) is 0 Å². The SMILES string of the molecule is COc1cc(OC)cc(C(=O)NNC(=O)Cc2ccc(Br)cc2)c1. The molecule has 126 valence electrons. The summed E-state index contributed by atoms with van der Waals surface area (Å²) >= 11 is 3.33. The average Bonchev–Trinajstić information content (AvgIpc) is 2.61. The number of hydrazine groups is 1. The number of hydrogen-bond donors (Lipinski definition) is 2. The van der Waals surface area contributed by atoms with Crippen LogP contribution in [0.4, 0.5) is 0 Å². The maximum atomic E-state index is 12.1. The van der Waals surface area contributed by atoms with Crippen molar-refractivity contribution in [3.05, 3.63) is 58.1 Å². The molecule has 0 heterocycles. The Morgan fingerprint density at radius 3 is 2.08 bits per heavy atom. The molecule has 2 aromatic rings. The Morgan fingerprint density at radius 2 is 1.54 bits per heavy atom. The minimum atomic E-state index is -0.462. The van der Waals surface area contributed by atoms with E-state index >= 15 is 0 Å². The van der Waals surface area contributed by atoms with Gasteiger partial charge in [-0.15, -0.1) is 0 Å². The number of carbonyl (C=O) groups is 2. The van der Waals surface area contributed by atoms with E-state index < -0.39 is 5.91 Å². The summed E-state index contributed by atoms with van der Waals surface area (Å²) in [5, 5.41) is 0. The number of amides is 2. The van der Waals surface area contributed by atoms with Gasteiger partial charge in [0.25, 0.3) is 5.91 Å². The molecule has 2 rings (SSSR count). The molecular weight excluding hydrogens is 376 g/mol. The van der Waals surface area contributed by atoms with Gasteiger partial charge in [0.1, 0.15) is 11.5 Å². The smallest absolute Gasteiger partial charge is 0.269 e. The molecule has 0 saturated heterocycles. The molecule has 0 spiro atoms. The Morgan fingerprint density at radius 1 is 0.958 bits per heavy atom. The molecule has 0 aliphatic carbocycles. The van der Waals surface area contributed by atoms with E-state index in [1.807, 2.05) is 24.3 Å². The van der Waals surface area contributed by atoms with Gasteiger partial charge in [-0.3, -0.25) is 20.4 Å². The quantitative estimate of drug-likeness (QED) is 0.766. The minimum Gasteiger partial charge on any atom is -0.497 e. The summed E-state index contributed by atoms with van der Waals surface area (Å²) in [6.07, 6.45) is 0.162. The van der Waals surface area contributed by atoms with Gasteiger partial charge in [-0.1, -0.05) is 28.1 Å². The molecule has 2 N–H and O–H groups in total. The van der Waals surface area contributed by atoms with Gasteiger partial charge in [0.15, 0.2) is 0 Å². The molecule has 0 saturated carbocycles. The van der Waals surface area contributed by atoms with Crippen LogP contribution in [0.15, 0.2) is 46.9 Å². The topological polar surface area (TPSA) is 76.7 Å². The molecule has 2 aromatic carbocycles. The van der Waals surface area contributed by atoms with Crippen LogP contribution in [0.3, 0.4) is 0 Å². The number of nitrogens with one attached hydrogen (secondary N) is 2. The third-order valence-corrected chi connectivity index (χ3v) is 3.74. The molecule has 0 radical (unpaired) electrons. The Labute approximate surface area is 148 Å². The van der Waals surface area contributed by atoms with E-state index in [-0.39, 0.29) is 12.3 Å². The third kappa shape index (κ3) is 4.99. The second kappa shape index (κ2) is 8.35. The summed E-state index contributed by atoms with van der Waals surface area (Å²) in [7, 11) is 2.99. The van der Waals surface area contributed by atoms with Gasteiger partial charge in [0.05, 0.1) is 20.6 Å². The van der Waals surface area contributed by atoms with E-state index in [1.54, 1.807) is 18.2 Å². The fraction of sp³-hybridized carbons (Fsp3) is 0.176. The minimum absolute atomic E-state index is 0.162. The van der Waals surface area contributed by atoms with Gasteiger partial charge in [0, 0.05) is 16.1 Å². The molecule has 6 nitrogen and oxygen atoms in total. The Bertz CT molecular complexity index is 710. The number of hydrogen-bond acceptors (Lipinski definition) is 4. The maximum absolute atomic E-state index is 12.1. The summed E-state index contributed by atoms with van der Waals surface area (Å²) in [4.78, 5) is 24.0. The van der Waals surface area contributed by atoms with Crippen molar-refractivity contribution < 1.29 is 19.1 Å². The van der Waals surface area contributed by atoms with Gasteiger partial charge in [-0.05, 0) is 29.8 Å². The van der Waals surface area contributed by atoms with Gasteiger partial charge < -0.3 is 9.47 Å². The van der Waals surface area contributed by atoms with Crippen molar-refractivity contribution >= 4 is 27.7 Å². The van der Waals surface area contributed by atoms with Crippen LogP contribution in [-0.4, -0.2) is 26.0 Å². The highest BCUT2D eigenvalue weighted by Crippen LogP contribution is 2.22. The highest BCUT2D eigenvalue weighted by molar-refractivity contribution is 9.10. The molecular formula is C17H17BrN2O4. The second-order valence-corrected chi connectivity index (χ2v) is 5.82. The van der Waals surface area contributed by atoms with Crippen molar-refractivity contribution in [1.29, 1.82) is 0 Å². The molecule has 7 heteroatoms. The molecule has 0 aliphatic rings. The Kier molecular flexibility index (Phi) is 6.20. The van der Waals surface area contributed by atoms with Crippen LogP contribution >= 0.6 is 15.9 Å². The fourth-order valence-corrected chi connectivity index (χ4v) is 2.23. The summed E-state index contributed by atoms with van der Waals surface area (Å²) in [6.45, 7) is 0. The van der Waals surface area contributed by atoms with Crippen molar-refractivity contribution in [3.63, 3.8) is 0 Å². The molecule has 0 bridgehead atoms. The van der Waals surface area contributed by atoms with Gasteiger partial charge in [-0.2, -0.15) is 0 Å². The van der Waals surface area contributed by atoms with E-state index in [0.717, 1.165) is 10.0 Å². The lowest BCUT2D eigenvalue weighted by atomic mass is 10.1. The second-order valence-electron chi connectivity index (χ2n) is 4.91. The van der Waals surface area contributed by atoms with E-state index in [2.05, 4.69) is 26.8 Å². The predicted molar refractivity (Wildman–Crippen MR) is 93.0 cm³/mol. The van der Waals surface area contributed by atoms with Crippen molar-refractivity contribution in [2.75, 3.05) is 14.2 Å². The highest BCUT2D eigenvalue weighted by Gasteiger charge is 2.11. The number of halogens is 1. The first kappa shape index (κ1) is 17.8. The zero-order valence-corrected chi connectivity index (χ0v) is 14.8. The summed E-state index contributed by atoms with van der Waals surface area (Å²) in [5.74, 6) is 0.193. The number of benzene rings is 2. The Balaban J connectivity index is 1.94. The Hall–Kier alpha value is -2.54. The number of ether oxygens (including phenoxy) is 2. The van der Waals surface area contributed by atoms with E-state index in [4.69, 9.17) is 9.47 Å². The first-order valence-corrected chi connectivity index (χ1v) is 7.88. The fourth-order valence-electron chi connectivity index (χ4n) is 1.97. The maximum Gasteiger partial charge on any atom is 0.269 e. The van der Waals surface area contributed by atoms with Crippen LogP contribution in [0.5, 0.6) is 11.5 Å². The van der Waals surface area contributed by atoms with Crippen LogP contribution in [0.25, 0.3) is 0 Å². The summed E-state index contributed by atoms with van der Waals surface area (Å²) in [5.41, 5.74) is 5.92. The molecule has 0 aliphatic heterocycles. The number of rotatable bonds is 5. The highest BCUT2D eigenvalue weighted by atomic mass is 79.9. The lowest BCUT2D eigenvalue weighted by Gasteiger charge is -2.10. The van der Waals surface area contributed by atoms with Crippen LogP contribution in [-0.2, 0) is 11.2 Å². The third-order valence-electron chi connectivity index (χ3n) is 3.21. The van der Waals surface area contributed by atoms with E-state index in [9.17, 15) is 9.59 Å². The standard InChI is InChI=1S/C17H17BrN2O4/c1-23-14-8-12(9-15(10-14)24-2)17(22)20-19-16(21)7-11-3-5-13(18)6-4-11/h3-6,8-10H,7H2,1-2H3,(H,19,21)(H,20,22). The van der Waals surface area contributed by atoms with Crippen LogP contribution < -0.4 is 20.3 Å². The van der Waals surface area contributed by atoms with Gasteiger partial charge in [0.2, 0.25) is 5.91 Å². The monoisotopic (exact) mass is 392 g/mol. The first-order valence-electron chi connectivity index (χ1n) is 7.08. The summed E-state index contributed by atoms with van der Waals surface area (Å²) < 4.78 is 11.2. The predicted octanol–water partition coefficient (Wildman–Crippen LogP) is 2.47. The molecule has 2 amide bonds. The van der Waals surface area contributed by atoms with Gasteiger partial charge in [-0.25, -0.2) is 0 Å². The molecule has 0 unspecified atom stereocenters. The largest absolute Gasteiger partial charge is 0.497 e. The zero-order valence-electron chi connectivity index (χ0n) is 13.3. The lowest BCUT2D eigenvalue weighted by Crippen LogP contribution is -2.42. The van der Waals surface area contributed by atoms with Crippen LogP contribution in [0.1, 0.15) is 15.9 Å².